The Morgan fingerprint density at radius 1 is 1.11 bits per heavy atom. The van der Waals surface area contributed by atoms with E-state index in [1.165, 1.54) is 25.7 Å². The highest BCUT2D eigenvalue weighted by atomic mass is 16.5. The predicted molar refractivity (Wildman–Crippen MR) is 108 cm³/mol. The quantitative estimate of drug-likeness (QED) is 0.754. The summed E-state index contributed by atoms with van der Waals surface area (Å²) in [5.74, 6) is 1.18. The van der Waals surface area contributed by atoms with Crippen molar-refractivity contribution in [2.75, 3.05) is 6.54 Å². The van der Waals surface area contributed by atoms with Crippen LogP contribution in [0.15, 0.2) is 10.6 Å². The molecule has 3 rings (SSSR count). The summed E-state index contributed by atoms with van der Waals surface area (Å²) in [7, 11) is 0. The molecule has 0 radical (unpaired) electrons. The highest BCUT2D eigenvalue weighted by Crippen LogP contribution is 2.30. The average molecular weight is 390 g/mol. The van der Waals surface area contributed by atoms with Gasteiger partial charge in [0.15, 0.2) is 11.5 Å². The zero-order valence-corrected chi connectivity index (χ0v) is 17.4. The van der Waals surface area contributed by atoms with E-state index >= 15 is 0 Å². The van der Waals surface area contributed by atoms with Crippen LogP contribution in [0.2, 0.25) is 0 Å². The molecule has 0 atom stereocenters. The van der Waals surface area contributed by atoms with E-state index in [4.69, 9.17) is 4.52 Å². The first-order chi connectivity index (χ1) is 13.5. The molecule has 0 aliphatic heterocycles. The van der Waals surface area contributed by atoms with Gasteiger partial charge in [-0.25, -0.2) is 0 Å². The van der Waals surface area contributed by atoms with Gasteiger partial charge in [0, 0.05) is 24.6 Å². The van der Waals surface area contributed by atoms with Crippen molar-refractivity contribution in [2.45, 2.75) is 90.6 Å². The molecular formula is C22H35N3O3. The Kier molecular flexibility index (Phi) is 7.51. The SMILES string of the molecule is CC(C)CNC(=O)c1cc(CN(C(=O)C2CCCCC2)C2CCCCC2)on1. The third-order valence-corrected chi connectivity index (χ3v) is 6.04. The van der Waals surface area contributed by atoms with E-state index in [-0.39, 0.29) is 23.8 Å². The second-order valence-electron chi connectivity index (χ2n) is 8.88. The molecule has 0 aromatic carbocycles. The van der Waals surface area contributed by atoms with Crippen molar-refractivity contribution in [1.29, 1.82) is 0 Å². The average Bonchev–Trinajstić information content (AvgIpc) is 3.20. The number of carbonyl (C=O) groups excluding carboxylic acids is 2. The first kappa shape index (κ1) is 20.9. The minimum atomic E-state index is -0.216. The van der Waals surface area contributed by atoms with Gasteiger partial charge in [0.05, 0.1) is 6.54 Å². The molecule has 0 saturated heterocycles. The molecule has 2 fully saturated rings. The van der Waals surface area contributed by atoms with Crippen LogP contribution in [0.4, 0.5) is 0 Å². The van der Waals surface area contributed by atoms with Crippen molar-refractivity contribution >= 4 is 11.8 Å². The summed E-state index contributed by atoms with van der Waals surface area (Å²) in [6.45, 7) is 5.13. The maximum absolute atomic E-state index is 13.3. The monoisotopic (exact) mass is 389 g/mol. The predicted octanol–water partition coefficient (Wildman–Crippen LogP) is 4.30. The van der Waals surface area contributed by atoms with Crippen LogP contribution in [0.1, 0.15) is 94.3 Å². The number of hydrogen-bond donors (Lipinski definition) is 1. The van der Waals surface area contributed by atoms with E-state index in [2.05, 4.69) is 10.5 Å². The van der Waals surface area contributed by atoms with Crippen molar-refractivity contribution in [1.82, 2.24) is 15.4 Å². The minimum Gasteiger partial charge on any atom is -0.359 e. The molecule has 1 aromatic heterocycles. The number of aromatic nitrogens is 1. The number of carbonyl (C=O) groups is 2. The first-order valence-electron chi connectivity index (χ1n) is 11.1. The summed E-state index contributed by atoms with van der Waals surface area (Å²) in [5, 5.41) is 6.80. The van der Waals surface area contributed by atoms with Crippen molar-refractivity contribution in [2.24, 2.45) is 11.8 Å². The topological polar surface area (TPSA) is 75.4 Å². The maximum Gasteiger partial charge on any atom is 0.273 e. The van der Waals surface area contributed by atoms with E-state index in [1.54, 1.807) is 6.07 Å². The Hall–Kier alpha value is -1.85. The van der Waals surface area contributed by atoms with E-state index < -0.39 is 0 Å². The third-order valence-electron chi connectivity index (χ3n) is 6.04. The lowest BCUT2D eigenvalue weighted by atomic mass is 9.86. The molecule has 0 unspecified atom stereocenters. The van der Waals surface area contributed by atoms with Gasteiger partial charge in [-0.15, -0.1) is 0 Å². The van der Waals surface area contributed by atoms with Crippen LogP contribution in [0.25, 0.3) is 0 Å². The van der Waals surface area contributed by atoms with E-state index in [0.29, 0.717) is 30.5 Å². The van der Waals surface area contributed by atoms with Crippen LogP contribution < -0.4 is 5.32 Å². The molecule has 0 bridgehead atoms. The second kappa shape index (κ2) is 10.1. The molecule has 0 spiro atoms. The standard InChI is InChI=1S/C22H35N3O3/c1-16(2)14-23-21(26)20-13-19(28-24-20)15-25(18-11-7-4-8-12-18)22(27)17-9-5-3-6-10-17/h13,16-18H,3-12,14-15H2,1-2H3,(H,23,26). The summed E-state index contributed by atoms with van der Waals surface area (Å²) in [6, 6.07) is 1.98. The van der Waals surface area contributed by atoms with Gasteiger partial charge in [0.2, 0.25) is 5.91 Å². The summed E-state index contributed by atoms with van der Waals surface area (Å²) in [5.41, 5.74) is 0.296. The molecule has 6 heteroatoms. The second-order valence-corrected chi connectivity index (χ2v) is 8.88. The summed E-state index contributed by atoms with van der Waals surface area (Å²) < 4.78 is 5.45. The molecule has 2 aliphatic rings. The van der Waals surface area contributed by atoms with Crippen molar-refractivity contribution in [3.63, 3.8) is 0 Å². The fraction of sp³-hybridized carbons (Fsp3) is 0.773. The Morgan fingerprint density at radius 3 is 2.39 bits per heavy atom. The molecule has 2 saturated carbocycles. The number of hydrogen-bond acceptors (Lipinski definition) is 4. The molecule has 1 N–H and O–H groups in total. The number of amides is 2. The van der Waals surface area contributed by atoms with E-state index in [9.17, 15) is 9.59 Å². The Bertz CT molecular complexity index is 643. The van der Waals surface area contributed by atoms with Crippen LogP contribution in [-0.2, 0) is 11.3 Å². The maximum atomic E-state index is 13.3. The van der Waals surface area contributed by atoms with Crippen LogP contribution in [0, 0.1) is 11.8 Å². The van der Waals surface area contributed by atoms with Gasteiger partial charge in [-0.1, -0.05) is 57.5 Å². The minimum absolute atomic E-state index is 0.146. The Morgan fingerprint density at radius 2 is 1.75 bits per heavy atom. The number of rotatable bonds is 7. The lowest BCUT2D eigenvalue weighted by Gasteiger charge is -2.37. The van der Waals surface area contributed by atoms with Gasteiger partial charge >= 0.3 is 0 Å². The Labute approximate surface area is 168 Å². The lowest BCUT2D eigenvalue weighted by Crippen LogP contribution is -2.44. The zero-order chi connectivity index (χ0) is 19.9. The first-order valence-corrected chi connectivity index (χ1v) is 11.1. The fourth-order valence-electron chi connectivity index (χ4n) is 4.41. The van der Waals surface area contributed by atoms with Crippen molar-refractivity contribution < 1.29 is 14.1 Å². The third kappa shape index (κ3) is 5.58. The van der Waals surface area contributed by atoms with E-state index in [1.807, 2.05) is 18.7 Å². The largest absolute Gasteiger partial charge is 0.359 e. The van der Waals surface area contributed by atoms with Crippen LogP contribution in [-0.4, -0.2) is 34.5 Å². The summed E-state index contributed by atoms with van der Waals surface area (Å²) in [4.78, 5) is 27.6. The van der Waals surface area contributed by atoms with E-state index in [0.717, 1.165) is 38.5 Å². The van der Waals surface area contributed by atoms with Gasteiger partial charge in [-0.05, 0) is 31.6 Å². The van der Waals surface area contributed by atoms with Gasteiger partial charge in [0.25, 0.3) is 5.91 Å². The highest BCUT2D eigenvalue weighted by molar-refractivity contribution is 5.92. The molecular weight excluding hydrogens is 354 g/mol. The number of nitrogens with zero attached hydrogens (tertiary/aromatic N) is 2. The normalized spacial score (nSPS) is 19.0. The number of nitrogens with one attached hydrogen (secondary N) is 1. The molecule has 28 heavy (non-hydrogen) atoms. The smallest absolute Gasteiger partial charge is 0.273 e. The van der Waals surface area contributed by atoms with Gasteiger partial charge in [-0.3, -0.25) is 9.59 Å². The van der Waals surface area contributed by atoms with Gasteiger partial charge in [0.1, 0.15) is 0 Å². The zero-order valence-electron chi connectivity index (χ0n) is 17.4. The fourth-order valence-corrected chi connectivity index (χ4v) is 4.41. The highest BCUT2D eigenvalue weighted by Gasteiger charge is 2.32. The van der Waals surface area contributed by atoms with Crippen LogP contribution >= 0.6 is 0 Å². The lowest BCUT2D eigenvalue weighted by molar-refractivity contribution is -0.140. The van der Waals surface area contributed by atoms with Crippen molar-refractivity contribution in [3.05, 3.63) is 17.5 Å². The van der Waals surface area contributed by atoms with Crippen LogP contribution in [0.3, 0.4) is 0 Å². The van der Waals surface area contributed by atoms with Gasteiger partial charge in [-0.2, -0.15) is 0 Å². The molecule has 1 aromatic rings. The summed E-state index contributed by atoms with van der Waals surface area (Å²) in [6.07, 6.45) is 11.3. The molecule has 156 valence electrons. The van der Waals surface area contributed by atoms with Crippen LogP contribution in [0.5, 0.6) is 0 Å². The van der Waals surface area contributed by atoms with Gasteiger partial charge < -0.3 is 14.7 Å². The molecule has 1 heterocycles. The van der Waals surface area contributed by atoms with Crippen molar-refractivity contribution in [3.8, 4) is 0 Å². The molecule has 2 amide bonds. The summed E-state index contributed by atoms with van der Waals surface area (Å²) >= 11 is 0. The Balaban J connectivity index is 1.68. The molecule has 2 aliphatic carbocycles. The molecule has 6 nitrogen and oxygen atoms in total.